The fraction of sp³-hybridized carbons (Fsp3) is 0.259. The second kappa shape index (κ2) is 10.3. The highest BCUT2D eigenvalue weighted by atomic mass is 16.5. The van der Waals surface area contributed by atoms with E-state index in [1.807, 2.05) is 54.6 Å². The number of carboxylic acids is 1. The molecule has 1 aliphatic heterocycles. The van der Waals surface area contributed by atoms with Crippen LogP contribution in [0.15, 0.2) is 66.7 Å². The van der Waals surface area contributed by atoms with Gasteiger partial charge in [-0.1, -0.05) is 36.4 Å². The maximum Gasteiger partial charge on any atom is 0.304 e. The van der Waals surface area contributed by atoms with Crippen molar-refractivity contribution < 1.29 is 28.9 Å². The van der Waals surface area contributed by atoms with E-state index in [2.05, 4.69) is 5.32 Å². The molecule has 0 bridgehead atoms. The third-order valence-corrected chi connectivity index (χ3v) is 5.95. The lowest BCUT2D eigenvalue weighted by molar-refractivity contribution is -0.137. The summed E-state index contributed by atoms with van der Waals surface area (Å²) < 4.78 is 16.5. The predicted molar refractivity (Wildman–Crippen MR) is 128 cm³/mol. The highest BCUT2D eigenvalue weighted by molar-refractivity contribution is 5.93. The molecule has 0 spiro atoms. The van der Waals surface area contributed by atoms with Gasteiger partial charge in [0.2, 0.25) is 0 Å². The number of rotatable bonds is 10. The van der Waals surface area contributed by atoms with Crippen LogP contribution in [-0.4, -0.2) is 37.1 Å². The molecule has 7 heteroatoms. The van der Waals surface area contributed by atoms with Crippen LogP contribution in [0.1, 0.15) is 29.0 Å². The first-order chi connectivity index (χ1) is 16.5. The molecule has 0 aliphatic carbocycles. The lowest BCUT2D eigenvalue weighted by Gasteiger charge is -2.18. The molecule has 4 rings (SSSR count). The van der Waals surface area contributed by atoms with Gasteiger partial charge in [0.05, 0.1) is 26.7 Å². The molecule has 0 fully saturated rings. The van der Waals surface area contributed by atoms with Crippen LogP contribution in [0.4, 0.5) is 5.69 Å². The molecule has 0 radical (unpaired) electrons. The fourth-order valence-corrected chi connectivity index (χ4v) is 4.28. The molecule has 3 aromatic carbocycles. The monoisotopic (exact) mass is 461 g/mol. The SMILES string of the molecule is COc1ccc(CC(=O)C2Nc3ccc(OCc4ccccc4)cc3C2CC(=O)O)cc1OC. The second-order valence-corrected chi connectivity index (χ2v) is 8.18. The Morgan fingerprint density at radius 3 is 2.38 bits per heavy atom. The molecule has 1 aliphatic rings. The number of hydrogen-bond donors (Lipinski definition) is 2. The van der Waals surface area contributed by atoms with Gasteiger partial charge in [-0.05, 0) is 47.0 Å². The number of nitrogens with one attached hydrogen (secondary N) is 1. The molecule has 176 valence electrons. The van der Waals surface area contributed by atoms with Crippen molar-refractivity contribution in [2.24, 2.45) is 0 Å². The van der Waals surface area contributed by atoms with E-state index >= 15 is 0 Å². The topological polar surface area (TPSA) is 94.1 Å². The summed E-state index contributed by atoms with van der Waals surface area (Å²) in [6.07, 6.45) is -0.0238. The molecule has 0 amide bonds. The highest BCUT2D eigenvalue weighted by Gasteiger charge is 2.38. The summed E-state index contributed by atoms with van der Waals surface area (Å²) in [5, 5.41) is 12.8. The smallest absolute Gasteiger partial charge is 0.304 e. The molecule has 2 N–H and O–H groups in total. The maximum atomic E-state index is 13.3. The normalized spacial score (nSPS) is 16.3. The molecular weight excluding hydrogens is 434 g/mol. The number of carbonyl (C=O) groups is 2. The van der Waals surface area contributed by atoms with E-state index in [4.69, 9.17) is 14.2 Å². The van der Waals surface area contributed by atoms with E-state index in [-0.39, 0.29) is 18.6 Å². The fourth-order valence-electron chi connectivity index (χ4n) is 4.28. The summed E-state index contributed by atoms with van der Waals surface area (Å²) >= 11 is 0. The summed E-state index contributed by atoms with van der Waals surface area (Å²) in [4.78, 5) is 24.9. The van der Waals surface area contributed by atoms with Crippen molar-refractivity contribution in [1.82, 2.24) is 0 Å². The van der Waals surface area contributed by atoms with Gasteiger partial charge in [-0.25, -0.2) is 0 Å². The molecule has 34 heavy (non-hydrogen) atoms. The minimum absolute atomic E-state index is 0.0959. The van der Waals surface area contributed by atoms with Crippen LogP contribution in [0.5, 0.6) is 17.2 Å². The summed E-state index contributed by atoms with van der Waals surface area (Å²) in [6.45, 7) is 0.401. The van der Waals surface area contributed by atoms with E-state index in [1.54, 1.807) is 26.4 Å². The predicted octanol–water partition coefficient (Wildman–Crippen LogP) is 4.45. The average Bonchev–Trinajstić information content (AvgIpc) is 3.20. The Morgan fingerprint density at radius 1 is 0.912 bits per heavy atom. The number of ether oxygens (including phenoxy) is 3. The zero-order valence-corrected chi connectivity index (χ0v) is 19.1. The van der Waals surface area contributed by atoms with Gasteiger partial charge in [0.25, 0.3) is 0 Å². The molecule has 1 heterocycles. The van der Waals surface area contributed by atoms with Gasteiger partial charge in [0.15, 0.2) is 17.3 Å². The first kappa shape index (κ1) is 23.2. The molecule has 0 saturated heterocycles. The summed E-state index contributed by atoms with van der Waals surface area (Å²) in [7, 11) is 3.09. The van der Waals surface area contributed by atoms with Crippen molar-refractivity contribution in [1.29, 1.82) is 0 Å². The van der Waals surface area contributed by atoms with Crippen molar-refractivity contribution in [3.8, 4) is 17.2 Å². The van der Waals surface area contributed by atoms with E-state index in [0.29, 0.717) is 23.9 Å². The van der Waals surface area contributed by atoms with Crippen LogP contribution >= 0.6 is 0 Å². The standard InChI is InChI=1S/C27H27NO6/c1-32-24-11-8-18(13-25(24)33-2)12-23(29)27-21(15-26(30)31)20-14-19(9-10-22(20)28-27)34-16-17-6-4-3-5-7-17/h3-11,13-14,21,27-28H,12,15-16H2,1-2H3,(H,30,31). The number of hydrogen-bond acceptors (Lipinski definition) is 6. The number of carbonyl (C=O) groups excluding carboxylic acids is 1. The molecule has 2 unspecified atom stereocenters. The number of methoxy groups -OCH3 is 2. The number of anilines is 1. The van der Waals surface area contributed by atoms with Gasteiger partial charge in [-0.15, -0.1) is 0 Å². The van der Waals surface area contributed by atoms with Gasteiger partial charge >= 0.3 is 5.97 Å². The van der Waals surface area contributed by atoms with Crippen molar-refractivity contribution >= 4 is 17.4 Å². The third-order valence-electron chi connectivity index (χ3n) is 5.95. The zero-order chi connectivity index (χ0) is 24.1. The third kappa shape index (κ3) is 5.14. The van der Waals surface area contributed by atoms with Crippen LogP contribution in [-0.2, 0) is 22.6 Å². The Kier molecular flexibility index (Phi) is 7.01. The molecule has 0 aromatic heterocycles. The van der Waals surface area contributed by atoms with Crippen LogP contribution in [0.3, 0.4) is 0 Å². The Morgan fingerprint density at radius 2 is 1.68 bits per heavy atom. The van der Waals surface area contributed by atoms with Crippen molar-refractivity contribution in [2.75, 3.05) is 19.5 Å². The summed E-state index contributed by atoms with van der Waals surface area (Å²) in [5.74, 6) is 0.198. The number of ketones is 1. The van der Waals surface area contributed by atoms with E-state index in [0.717, 1.165) is 22.4 Å². The molecule has 7 nitrogen and oxygen atoms in total. The van der Waals surface area contributed by atoms with Gasteiger partial charge in [0.1, 0.15) is 12.4 Å². The first-order valence-electron chi connectivity index (χ1n) is 11.0. The minimum atomic E-state index is -0.959. The molecule has 2 atom stereocenters. The Bertz CT molecular complexity index is 1180. The Hall–Kier alpha value is -4.00. The van der Waals surface area contributed by atoms with Crippen LogP contribution in [0.2, 0.25) is 0 Å². The van der Waals surface area contributed by atoms with Crippen molar-refractivity contribution in [2.45, 2.75) is 31.4 Å². The Balaban J connectivity index is 1.52. The minimum Gasteiger partial charge on any atom is -0.493 e. The van der Waals surface area contributed by atoms with E-state index < -0.39 is 17.9 Å². The largest absolute Gasteiger partial charge is 0.493 e. The second-order valence-electron chi connectivity index (χ2n) is 8.18. The van der Waals surface area contributed by atoms with Crippen molar-refractivity contribution in [3.05, 3.63) is 83.4 Å². The van der Waals surface area contributed by atoms with Gasteiger partial charge in [-0.3, -0.25) is 9.59 Å². The number of aliphatic carboxylic acids is 1. The van der Waals surface area contributed by atoms with Crippen LogP contribution in [0, 0.1) is 0 Å². The lowest BCUT2D eigenvalue weighted by atomic mass is 9.87. The average molecular weight is 462 g/mol. The molecule has 0 saturated carbocycles. The summed E-state index contributed by atoms with van der Waals surface area (Å²) in [6, 6.07) is 20.0. The van der Waals surface area contributed by atoms with Gasteiger partial charge in [-0.2, -0.15) is 0 Å². The molecule has 3 aromatic rings. The Labute approximate surface area is 198 Å². The van der Waals surface area contributed by atoms with Crippen LogP contribution in [0.25, 0.3) is 0 Å². The lowest BCUT2D eigenvalue weighted by Crippen LogP contribution is -2.33. The number of carboxylic acid groups (broad SMARTS) is 1. The van der Waals surface area contributed by atoms with Gasteiger partial charge < -0.3 is 24.6 Å². The first-order valence-corrected chi connectivity index (χ1v) is 11.0. The summed E-state index contributed by atoms with van der Waals surface area (Å²) in [5.41, 5.74) is 3.33. The number of fused-ring (bicyclic) bond motifs is 1. The molecular formula is C27H27NO6. The number of benzene rings is 3. The highest BCUT2D eigenvalue weighted by Crippen LogP contribution is 2.41. The van der Waals surface area contributed by atoms with Gasteiger partial charge in [0, 0.05) is 18.0 Å². The van der Waals surface area contributed by atoms with Crippen LogP contribution < -0.4 is 19.5 Å². The zero-order valence-electron chi connectivity index (χ0n) is 19.1. The number of Topliss-reactive ketones (excluding diaryl/α,β-unsaturated/α-hetero) is 1. The van der Waals surface area contributed by atoms with E-state index in [1.165, 1.54) is 0 Å². The quantitative estimate of drug-likeness (QED) is 0.461. The van der Waals surface area contributed by atoms with Crippen molar-refractivity contribution in [3.63, 3.8) is 0 Å². The maximum absolute atomic E-state index is 13.3. The van der Waals surface area contributed by atoms with E-state index in [9.17, 15) is 14.7 Å².